The number of methoxy groups -OCH3 is 1. The van der Waals surface area contributed by atoms with Crippen LogP contribution in [0.2, 0.25) is 0 Å². The molecule has 0 radical (unpaired) electrons. The number of aliphatic hydroxyl groups is 1. The van der Waals surface area contributed by atoms with Gasteiger partial charge in [0.1, 0.15) is 0 Å². The highest BCUT2D eigenvalue weighted by Gasteiger charge is 2.16. The normalized spacial score (nSPS) is 11.9. The number of benzene rings is 1. The first-order valence-electron chi connectivity index (χ1n) is 4.21. The molecule has 2 N–H and O–H groups in total. The van der Waals surface area contributed by atoms with Crippen LogP contribution in [0, 0.1) is 11.3 Å². The van der Waals surface area contributed by atoms with Gasteiger partial charge in [0.05, 0.1) is 25.7 Å². The number of hydrogen-bond acceptors (Lipinski definition) is 4. The van der Waals surface area contributed by atoms with Crippen molar-refractivity contribution >= 4 is 15.9 Å². The molecule has 0 aliphatic carbocycles. The van der Waals surface area contributed by atoms with E-state index in [2.05, 4.69) is 15.9 Å². The highest BCUT2D eigenvalue weighted by Crippen LogP contribution is 2.37. The number of nitriles is 1. The van der Waals surface area contributed by atoms with E-state index in [4.69, 9.17) is 10.00 Å². The van der Waals surface area contributed by atoms with Gasteiger partial charge in [0.2, 0.25) is 0 Å². The first kappa shape index (κ1) is 11.8. The Bertz CT molecular complexity index is 400. The molecule has 0 heterocycles. The van der Waals surface area contributed by atoms with E-state index in [0.717, 1.165) is 0 Å². The Balaban J connectivity index is 3.18. The smallest absolute Gasteiger partial charge is 0.163 e. The molecule has 0 aromatic heterocycles. The summed E-state index contributed by atoms with van der Waals surface area (Å²) in [5, 5.41) is 27.7. The lowest BCUT2D eigenvalue weighted by Gasteiger charge is -2.12. The van der Waals surface area contributed by atoms with Crippen molar-refractivity contribution in [3.63, 3.8) is 0 Å². The molecule has 1 aromatic carbocycles. The lowest BCUT2D eigenvalue weighted by atomic mass is 10.1. The van der Waals surface area contributed by atoms with E-state index in [9.17, 15) is 10.2 Å². The molecule has 0 aliphatic heterocycles. The van der Waals surface area contributed by atoms with Crippen molar-refractivity contribution in [2.24, 2.45) is 0 Å². The first-order valence-corrected chi connectivity index (χ1v) is 5.00. The van der Waals surface area contributed by atoms with Gasteiger partial charge in [-0.1, -0.05) is 15.9 Å². The molecule has 1 unspecified atom stereocenters. The van der Waals surface area contributed by atoms with Crippen LogP contribution >= 0.6 is 15.9 Å². The van der Waals surface area contributed by atoms with Crippen LogP contribution in [0.4, 0.5) is 0 Å². The van der Waals surface area contributed by atoms with Gasteiger partial charge in [-0.2, -0.15) is 5.26 Å². The number of rotatable bonds is 3. The molecule has 4 nitrogen and oxygen atoms in total. The van der Waals surface area contributed by atoms with E-state index >= 15 is 0 Å². The number of hydrogen-bond donors (Lipinski definition) is 2. The van der Waals surface area contributed by atoms with Gasteiger partial charge in [-0.3, -0.25) is 0 Å². The molecule has 0 saturated heterocycles. The number of phenols is 1. The van der Waals surface area contributed by atoms with Gasteiger partial charge in [-0.15, -0.1) is 0 Å². The summed E-state index contributed by atoms with van der Waals surface area (Å²) in [6.07, 6.45) is -1.09. The zero-order valence-electron chi connectivity index (χ0n) is 8.07. The van der Waals surface area contributed by atoms with Gasteiger partial charge in [0.25, 0.3) is 0 Å². The summed E-state index contributed by atoms with van der Waals surface area (Å²) in [7, 11) is 1.42. The Morgan fingerprint density at radius 2 is 2.27 bits per heavy atom. The van der Waals surface area contributed by atoms with E-state index in [-0.39, 0.29) is 23.5 Å². The molecule has 1 rings (SSSR count). The van der Waals surface area contributed by atoms with Crippen LogP contribution in [-0.4, -0.2) is 17.3 Å². The minimum Gasteiger partial charge on any atom is -0.504 e. The molecule has 1 aromatic rings. The van der Waals surface area contributed by atoms with Gasteiger partial charge in [0.15, 0.2) is 11.5 Å². The molecule has 0 bridgehead atoms. The fourth-order valence-electron chi connectivity index (χ4n) is 1.20. The summed E-state index contributed by atoms with van der Waals surface area (Å²) >= 11 is 3.22. The van der Waals surface area contributed by atoms with Crippen molar-refractivity contribution in [3.8, 4) is 17.6 Å². The maximum absolute atomic E-state index is 9.70. The van der Waals surface area contributed by atoms with Gasteiger partial charge < -0.3 is 14.9 Å². The van der Waals surface area contributed by atoms with Crippen LogP contribution in [0.25, 0.3) is 0 Å². The fraction of sp³-hybridized carbons (Fsp3) is 0.300. The summed E-state index contributed by atoms with van der Waals surface area (Å²) in [4.78, 5) is 0. The highest BCUT2D eigenvalue weighted by atomic mass is 79.9. The molecule has 0 saturated carbocycles. The molecule has 0 aliphatic rings. The number of ether oxygens (including phenoxy) is 1. The lowest BCUT2D eigenvalue weighted by Crippen LogP contribution is -1.98. The van der Waals surface area contributed by atoms with Crippen LogP contribution in [0.15, 0.2) is 16.6 Å². The highest BCUT2D eigenvalue weighted by molar-refractivity contribution is 9.10. The average molecular weight is 272 g/mol. The minimum absolute atomic E-state index is 0.0762. The topological polar surface area (TPSA) is 73.5 Å². The molecular formula is C10H10BrNO3. The summed E-state index contributed by atoms with van der Waals surface area (Å²) in [6, 6.07) is 4.97. The molecular weight excluding hydrogens is 262 g/mol. The molecule has 5 heteroatoms. The third kappa shape index (κ3) is 2.61. The van der Waals surface area contributed by atoms with Crippen molar-refractivity contribution in [1.29, 1.82) is 5.26 Å². The Kier molecular flexibility index (Phi) is 3.95. The average Bonchev–Trinajstić information content (AvgIpc) is 2.21. The summed E-state index contributed by atoms with van der Waals surface area (Å²) < 4.78 is 5.59. The quantitative estimate of drug-likeness (QED) is 0.883. The summed E-state index contributed by atoms with van der Waals surface area (Å²) in [5.74, 6) is 0.125. The minimum atomic E-state index is -1.01. The first-order chi connectivity index (χ1) is 7.10. The molecule has 15 heavy (non-hydrogen) atoms. The van der Waals surface area contributed by atoms with Crippen molar-refractivity contribution in [1.82, 2.24) is 0 Å². The monoisotopic (exact) mass is 271 g/mol. The Morgan fingerprint density at radius 3 is 2.80 bits per heavy atom. The predicted octanol–water partition coefficient (Wildman–Crippen LogP) is 2.11. The Labute approximate surface area is 95.9 Å². The second-order valence-electron chi connectivity index (χ2n) is 2.92. The van der Waals surface area contributed by atoms with Gasteiger partial charge in [-0.25, -0.2) is 0 Å². The Morgan fingerprint density at radius 1 is 1.60 bits per heavy atom. The van der Waals surface area contributed by atoms with Crippen LogP contribution in [0.5, 0.6) is 11.5 Å². The predicted molar refractivity (Wildman–Crippen MR) is 57.5 cm³/mol. The van der Waals surface area contributed by atoms with Crippen LogP contribution in [-0.2, 0) is 0 Å². The summed E-state index contributed by atoms with van der Waals surface area (Å²) in [5.41, 5.74) is 0.280. The SMILES string of the molecule is COc1cc(Br)cc(C(O)CC#N)c1O. The zero-order valence-corrected chi connectivity index (χ0v) is 9.65. The van der Waals surface area contributed by atoms with Crippen molar-refractivity contribution in [2.45, 2.75) is 12.5 Å². The van der Waals surface area contributed by atoms with E-state index in [1.165, 1.54) is 7.11 Å². The van der Waals surface area contributed by atoms with Crippen molar-refractivity contribution < 1.29 is 14.9 Å². The largest absolute Gasteiger partial charge is 0.504 e. The van der Waals surface area contributed by atoms with Crippen molar-refractivity contribution in [3.05, 3.63) is 22.2 Å². The van der Waals surface area contributed by atoms with Gasteiger partial charge >= 0.3 is 0 Å². The lowest BCUT2D eigenvalue weighted by molar-refractivity contribution is 0.178. The molecule has 80 valence electrons. The third-order valence-electron chi connectivity index (χ3n) is 1.93. The van der Waals surface area contributed by atoms with Gasteiger partial charge in [-0.05, 0) is 12.1 Å². The molecule has 0 fully saturated rings. The van der Waals surface area contributed by atoms with E-state index < -0.39 is 6.10 Å². The number of halogens is 1. The van der Waals surface area contributed by atoms with Gasteiger partial charge in [0, 0.05) is 10.0 Å². The molecule has 1 atom stereocenters. The fourth-order valence-corrected chi connectivity index (χ4v) is 1.66. The Hall–Kier alpha value is -1.25. The number of aliphatic hydroxyl groups excluding tert-OH is 1. The van der Waals surface area contributed by atoms with E-state index in [0.29, 0.717) is 4.47 Å². The van der Waals surface area contributed by atoms with E-state index in [1.807, 2.05) is 6.07 Å². The number of nitrogens with zero attached hydrogens (tertiary/aromatic N) is 1. The zero-order chi connectivity index (χ0) is 11.4. The second-order valence-corrected chi connectivity index (χ2v) is 3.84. The number of aromatic hydroxyl groups is 1. The third-order valence-corrected chi connectivity index (χ3v) is 2.39. The van der Waals surface area contributed by atoms with Crippen LogP contribution in [0.1, 0.15) is 18.1 Å². The maximum Gasteiger partial charge on any atom is 0.163 e. The van der Waals surface area contributed by atoms with Crippen LogP contribution < -0.4 is 4.74 Å². The van der Waals surface area contributed by atoms with E-state index in [1.54, 1.807) is 12.1 Å². The number of phenolic OH excluding ortho intramolecular Hbond substituents is 1. The standard InChI is InChI=1S/C10H10BrNO3/c1-15-9-5-6(11)4-7(10(9)14)8(13)2-3-12/h4-5,8,13-14H,2H2,1H3. The maximum atomic E-state index is 9.70. The van der Waals surface area contributed by atoms with Crippen LogP contribution in [0.3, 0.4) is 0 Å². The summed E-state index contributed by atoms with van der Waals surface area (Å²) in [6.45, 7) is 0. The molecule has 0 spiro atoms. The van der Waals surface area contributed by atoms with Crippen molar-refractivity contribution in [2.75, 3.05) is 7.11 Å². The second kappa shape index (κ2) is 5.01. The molecule has 0 amide bonds.